The van der Waals surface area contributed by atoms with E-state index in [1.807, 2.05) is 0 Å². The summed E-state index contributed by atoms with van der Waals surface area (Å²) in [6.45, 7) is 3.58. The zero-order valence-electron chi connectivity index (χ0n) is 15.0. The third-order valence-electron chi connectivity index (χ3n) is 4.80. The number of rotatable bonds is 5. The second-order valence-electron chi connectivity index (χ2n) is 6.83. The van der Waals surface area contributed by atoms with Crippen molar-refractivity contribution in [1.82, 2.24) is 10.3 Å². The van der Waals surface area contributed by atoms with Gasteiger partial charge in [0.15, 0.2) is 5.13 Å². The summed E-state index contributed by atoms with van der Waals surface area (Å²) < 4.78 is 39.5. The molecule has 1 aliphatic heterocycles. The van der Waals surface area contributed by atoms with Crippen molar-refractivity contribution in [2.75, 3.05) is 18.4 Å². The van der Waals surface area contributed by atoms with E-state index in [9.17, 15) is 18.0 Å². The van der Waals surface area contributed by atoms with E-state index in [4.69, 9.17) is 0 Å². The number of benzene rings is 1. The van der Waals surface area contributed by atoms with Gasteiger partial charge in [0.1, 0.15) is 0 Å². The van der Waals surface area contributed by atoms with Gasteiger partial charge in [-0.1, -0.05) is 25.1 Å². The molecule has 2 N–H and O–H groups in total. The molecule has 1 aromatic heterocycles. The Morgan fingerprint density at radius 3 is 2.74 bits per heavy atom. The summed E-state index contributed by atoms with van der Waals surface area (Å²) in [4.78, 5) is 17.7. The van der Waals surface area contributed by atoms with Crippen molar-refractivity contribution in [3.63, 3.8) is 0 Å². The first kappa shape index (κ1) is 19.8. The SMILES string of the molecule is CC(CC(=O)Nc1ncc(C2CCNCC2)s1)c1ccccc1C(F)(F)F. The lowest BCUT2D eigenvalue weighted by molar-refractivity contribution is -0.138. The topological polar surface area (TPSA) is 54.0 Å². The number of hydrogen-bond acceptors (Lipinski definition) is 4. The molecule has 2 heterocycles. The molecule has 0 spiro atoms. The van der Waals surface area contributed by atoms with Crippen LogP contribution >= 0.6 is 11.3 Å². The summed E-state index contributed by atoms with van der Waals surface area (Å²) in [5, 5.41) is 6.55. The fourth-order valence-electron chi connectivity index (χ4n) is 3.38. The highest BCUT2D eigenvalue weighted by molar-refractivity contribution is 7.15. The van der Waals surface area contributed by atoms with Gasteiger partial charge in [-0.15, -0.1) is 11.3 Å². The molecule has 0 saturated carbocycles. The Hall–Kier alpha value is -1.93. The monoisotopic (exact) mass is 397 g/mol. The predicted molar refractivity (Wildman–Crippen MR) is 100 cm³/mol. The van der Waals surface area contributed by atoms with Crippen LogP contribution in [0.2, 0.25) is 0 Å². The normalized spacial score (nSPS) is 16.9. The summed E-state index contributed by atoms with van der Waals surface area (Å²) in [6, 6.07) is 5.40. The molecule has 1 fully saturated rings. The molecule has 4 nitrogen and oxygen atoms in total. The van der Waals surface area contributed by atoms with E-state index in [0.717, 1.165) is 36.9 Å². The summed E-state index contributed by atoms with van der Waals surface area (Å²) in [5.41, 5.74) is -0.553. The maximum absolute atomic E-state index is 13.2. The number of halogens is 3. The average Bonchev–Trinajstić information content (AvgIpc) is 3.10. The third-order valence-corrected chi connectivity index (χ3v) is 5.88. The van der Waals surface area contributed by atoms with Gasteiger partial charge in [0.2, 0.25) is 5.91 Å². The van der Waals surface area contributed by atoms with E-state index in [2.05, 4.69) is 15.6 Å². The van der Waals surface area contributed by atoms with Crippen LogP contribution in [0.3, 0.4) is 0 Å². The number of carbonyl (C=O) groups is 1. The van der Waals surface area contributed by atoms with Gasteiger partial charge < -0.3 is 10.6 Å². The first-order valence-corrected chi connectivity index (χ1v) is 9.78. The summed E-state index contributed by atoms with van der Waals surface area (Å²) >= 11 is 1.45. The number of carbonyl (C=O) groups excluding carboxylic acids is 1. The maximum atomic E-state index is 13.2. The number of aromatic nitrogens is 1. The van der Waals surface area contributed by atoms with Crippen molar-refractivity contribution >= 4 is 22.4 Å². The number of piperidine rings is 1. The molecule has 1 aliphatic rings. The van der Waals surface area contributed by atoms with Crippen LogP contribution in [-0.4, -0.2) is 24.0 Å². The summed E-state index contributed by atoms with van der Waals surface area (Å²) in [7, 11) is 0. The van der Waals surface area contributed by atoms with Gasteiger partial charge in [-0.3, -0.25) is 4.79 Å². The molecule has 27 heavy (non-hydrogen) atoms. The van der Waals surface area contributed by atoms with Crippen molar-refractivity contribution in [3.05, 3.63) is 46.5 Å². The molecule has 1 saturated heterocycles. The minimum atomic E-state index is -4.43. The van der Waals surface area contributed by atoms with Crippen molar-refractivity contribution in [2.45, 2.75) is 44.2 Å². The fourth-order valence-corrected chi connectivity index (χ4v) is 4.38. The second kappa shape index (κ2) is 8.39. The molecule has 0 bridgehead atoms. The number of hydrogen-bond donors (Lipinski definition) is 2. The highest BCUT2D eigenvalue weighted by Gasteiger charge is 2.34. The molecule has 2 aromatic rings. The van der Waals surface area contributed by atoms with E-state index in [0.29, 0.717) is 11.0 Å². The first-order chi connectivity index (χ1) is 12.8. The van der Waals surface area contributed by atoms with Crippen molar-refractivity contribution < 1.29 is 18.0 Å². The van der Waals surface area contributed by atoms with E-state index >= 15 is 0 Å². The molecule has 0 aliphatic carbocycles. The number of nitrogens with one attached hydrogen (secondary N) is 2. The number of thiazole rings is 1. The van der Waals surface area contributed by atoms with E-state index in [-0.39, 0.29) is 17.9 Å². The lowest BCUT2D eigenvalue weighted by atomic mass is 9.92. The lowest BCUT2D eigenvalue weighted by Gasteiger charge is -2.20. The highest BCUT2D eigenvalue weighted by Crippen LogP contribution is 2.36. The maximum Gasteiger partial charge on any atom is 0.416 e. The van der Waals surface area contributed by atoms with Gasteiger partial charge in [0.25, 0.3) is 0 Å². The first-order valence-electron chi connectivity index (χ1n) is 8.97. The molecule has 8 heteroatoms. The van der Waals surface area contributed by atoms with Crippen LogP contribution in [-0.2, 0) is 11.0 Å². The van der Waals surface area contributed by atoms with E-state index in [1.54, 1.807) is 19.2 Å². The van der Waals surface area contributed by atoms with Crippen LogP contribution in [0, 0.1) is 0 Å². The van der Waals surface area contributed by atoms with E-state index in [1.165, 1.54) is 23.5 Å². The predicted octanol–water partition coefficient (Wildman–Crippen LogP) is 4.76. The Morgan fingerprint density at radius 1 is 1.33 bits per heavy atom. The third kappa shape index (κ3) is 5.07. The fraction of sp³-hybridized carbons (Fsp3) is 0.474. The van der Waals surface area contributed by atoms with Crippen LogP contribution in [0.15, 0.2) is 30.5 Å². The summed E-state index contributed by atoms with van der Waals surface area (Å²) in [5.74, 6) is -0.427. The average molecular weight is 397 g/mol. The second-order valence-corrected chi connectivity index (χ2v) is 7.89. The van der Waals surface area contributed by atoms with E-state index < -0.39 is 17.7 Å². The minimum absolute atomic E-state index is 0.0324. The quantitative estimate of drug-likeness (QED) is 0.765. The number of alkyl halides is 3. The number of nitrogens with zero attached hydrogens (tertiary/aromatic N) is 1. The van der Waals surface area contributed by atoms with Crippen molar-refractivity contribution in [1.29, 1.82) is 0 Å². The van der Waals surface area contributed by atoms with Crippen molar-refractivity contribution in [2.24, 2.45) is 0 Å². The zero-order valence-corrected chi connectivity index (χ0v) is 15.8. The highest BCUT2D eigenvalue weighted by atomic mass is 32.1. The Morgan fingerprint density at radius 2 is 2.04 bits per heavy atom. The standard InChI is InChI=1S/C19H22F3N3OS/c1-12(14-4-2-3-5-15(14)19(20,21)22)10-17(26)25-18-24-11-16(27-18)13-6-8-23-9-7-13/h2-5,11-13,23H,6-10H2,1H3,(H,24,25,26). The van der Waals surface area contributed by atoms with Crippen molar-refractivity contribution in [3.8, 4) is 0 Å². The van der Waals surface area contributed by atoms with Crippen LogP contribution in [0.1, 0.15) is 54.0 Å². The molecule has 1 amide bonds. The Balaban J connectivity index is 1.62. The molecular weight excluding hydrogens is 375 g/mol. The minimum Gasteiger partial charge on any atom is -0.317 e. The van der Waals surface area contributed by atoms with Crippen LogP contribution in [0.4, 0.5) is 18.3 Å². The largest absolute Gasteiger partial charge is 0.416 e. The Bertz CT molecular complexity index is 785. The van der Waals surface area contributed by atoms with Gasteiger partial charge in [0, 0.05) is 17.5 Å². The van der Waals surface area contributed by atoms with Crippen LogP contribution < -0.4 is 10.6 Å². The van der Waals surface area contributed by atoms with Crippen LogP contribution in [0.25, 0.3) is 0 Å². The summed E-state index contributed by atoms with van der Waals surface area (Å²) in [6.07, 6.45) is -0.587. The van der Waals surface area contributed by atoms with Gasteiger partial charge in [-0.2, -0.15) is 13.2 Å². The van der Waals surface area contributed by atoms with Gasteiger partial charge >= 0.3 is 6.18 Å². The molecule has 1 atom stereocenters. The molecule has 0 radical (unpaired) electrons. The Labute approximate surface area is 160 Å². The van der Waals surface area contributed by atoms with Gasteiger partial charge in [0.05, 0.1) is 5.56 Å². The molecule has 3 rings (SSSR count). The molecular formula is C19H22F3N3OS. The number of amides is 1. The lowest BCUT2D eigenvalue weighted by Crippen LogP contribution is -2.26. The Kier molecular flexibility index (Phi) is 6.16. The van der Waals surface area contributed by atoms with Gasteiger partial charge in [-0.25, -0.2) is 4.98 Å². The van der Waals surface area contributed by atoms with Gasteiger partial charge in [-0.05, 0) is 49.4 Å². The smallest absolute Gasteiger partial charge is 0.317 e. The number of anilines is 1. The molecule has 1 unspecified atom stereocenters. The molecule has 146 valence electrons. The zero-order chi connectivity index (χ0) is 19.4. The molecule has 1 aromatic carbocycles. The van der Waals surface area contributed by atoms with Crippen LogP contribution in [0.5, 0.6) is 0 Å².